The minimum Gasteiger partial charge on any atom is -0.493 e. The molecule has 0 atom stereocenters. The standard InChI is InChI=1S/C22H37N3O3/c1-16-7-9-17(10-8-16)15-25(3)22(23-2)24-14-13-18-11-12-19(26-4)21(28-6)20(18)27-5/h11-12,16-17H,7-10,13-15H2,1-6H3,(H,23,24). The molecule has 1 N–H and O–H groups in total. The summed E-state index contributed by atoms with van der Waals surface area (Å²) in [7, 11) is 8.89. The normalized spacial score (nSPS) is 19.9. The lowest BCUT2D eigenvalue weighted by Gasteiger charge is -2.31. The summed E-state index contributed by atoms with van der Waals surface area (Å²) in [6, 6.07) is 3.94. The number of nitrogens with zero attached hydrogens (tertiary/aromatic N) is 2. The molecule has 158 valence electrons. The van der Waals surface area contributed by atoms with Gasteiger partial charge in [0.15, 0.2) is 17.5 Å². The Labute approximate surface area is 170 Å². The van der Waals surface area contributed by atoms with Crippen LogP contribution in [-0.4, -0.2) is 59.4 Å². The Hall–Kier alpha value is -2.11. The molecule has 1 aromatic carbocycles. The van der Waals surface area contributed by atoms with Crippen LogP contribution in [0, 0.1) is 11.8 Å². The highest BCUT2D eigenvalue weighted by molar-refractivity contribution is 5.79. The molecule has 1 aliphatic carbocycles. The Bertz CT molecular complexity index is 640. The second-order valence-corrected chi connectivity index (χ2v) is 7.72. The monoisotopic (exact) mass is 391 g/mol. The average molecular weight is 392 g/mol. The van der Waals surface area contributed by atoms with Crippen LogP contribution in [0.1, 0.15) is 38.2 Å². The zero-order valence-corrected chi connectivity index (χ0v) is 18.4. The van der Waals surface area contributed by atoms with Crippen LogP contribution < -0.4 is 19.5 Å². The van der Waals surface area contributed by atoms with E-state index >= 15 is 0 Å². The number of guanidine groups is 1. The highest BCUT2D eigenvalue weighted by Crippen LogP contribution is 2.39. The first-order valence-corrected chi connectivity index (χ1v) is 10.2. The number of hydrogen-bond acceptors (Lipinski definition) is 4. The molecule has 0 spiro atoms. The van der Waals surface area contributed by atoms with E-state index in [1.807, 2.05) is 19.2 Å². The number of nitrogens with one attached hydrogen (secondary N) is 1. The lowest BCUT2D eigenvalue weighted by molar-refractivity contribution is 0.250. The fourth-order valence-electron chi connectivity index (χ4n) is 4.04. The van der Waals surface area contributed by atoms with Gasteiger partial charge in [0.05, 0.1) is 21.3 Å². The maximum Gasteiger partial charge on any atom is 0.203 e. The van der Waals surface area contributed by atoms with Crippen molar-refractivity contribution >= 4 is 5.96 Å². The number of benzene rings is 1. The van der Waals surface area contributed by atoms with E-state index in [-0.39, 0.29) is 0 Å². The summed E-state index contributed by atoms with van der Waals surface area (Å²) in [5, 5.41) is 3.48. The maximum absolute atomic E-state index is 5.58. The fourth-order valence-corrected chi connectivity index (χ4v) is 4.04. The molecular weight excluding hydrogens is 354 g/mol. The van der Waals surface area contributed by atoms with Gasteiger partial charge in [-0.1, -0.05) is 25.8 Å². The quantitative estimate of drug-likeness (QED) is 0.542. The molecule has 0 aromatic heterocycles. The Morgan fingerprint density at radius 1 is 1.07 bits per heavy atom. The lowest BCUT2D eigenvalue weighted by Crippen LogP contribution is -2.42. The van der Waals surface area contributed by atoms with Crippen LogP contribution in [0.4, 0.5) is 0 Å². The smallest absolute Gasteiger partial charge is 0.203 e. The molecule has 28 heavy (non-hydrogen) atoms. The van der Waals surface area contributed by atoms with E-state index in [0.29, 0.717) is 11.5 Å². The van der Waals surface area contributed by atoms with Crippen LogP contribution in [-0.2, 0) is 6.42 Å². The summed E-state index contributed by atoms with van der Waals surface area (Å²) >= 11 is 0. The zero-order valence-electron chi connectivity index (χ0n) is 18.4. The van der Waals surface area contributed by atoms with Crippen molar-refractivity contribution in [2.75, 3.05) is 48.5 Å². The molecule has 0 unspecified atom stereocenters. The molecule has 1 aromatic rings. The summed E-state index contributed by atoms with van der Waals surface area (Å²) in [5.41, 5.74) is 1.08. The SMILES string of the molecule is CN=C(NCCc1ccc(OC)c(OC)c1OC)N(C)CC1CCC(C)CC1. The van der Waals surface area contributed by atoms with Gasteiger partial charge in [-0.2, -0.15) is 0 Å². The van der Waals surface area contributed by atoms with Crippen molar-refractivity contribution in [3.63, 3.8) is 0 Å². The number of rotatable bonds is 8. The van der Waals surface area contributed by atoms with Gasteiger partial charge >= 0.3 is 0 Å². The second kappa shape index (κ2) is 11.0. The molecule has 0 aliphatic heterocycles. The molecule has 0 radical (unpaired) electrons. The molecule has 0 amide bonds. The first kappa shape index (κ1) is 22.2. The number of hydrogen-bond donors (Lipinski definition) is 1. The predicted octanol–water partition coefficient (Wildman–Crippen LogP) is 3.59. The van der Waals surface area contributed by atoms with Crippen molar-refractivity contribution < 1.29 is 14.2 Å². The molecule has 6 heteroatoms. The molecular formula is C22H37N3O3. The summed E-state index contributed by atoms with van der Waals surface area (Å²) in [6.45, 7) is 4.19. The van der Waals surface area contributed by atoms with E-state index in [2.05, 4.69) is 29.2 Å². The Morgan fingerprint density at radius 2 is 1.75 bits per heavy atom. The van der Waals surface area contributed by atoms with E-state index in [1.54, 1.807) is 21.3 Å². The second-order valence-electron chi connectivity index (χ2n) is 7.72. The molecule has 0 bridgehead atoms. The first-order valence-electron chi connectivity index (χ1n) is 10.2. The van der Waals surface area contributed by atoms with Gasteiger partial charge in [-0.25, -0.2) is 0 Å². The minimum absolute atomic E-state index is 0.635. The van der Waals surface area contributed by atoms with Gasteiger partial charge in [-0.15, -0.1) is 0 Å². The van der Waals surface area contributed by atoms with Gasteiger partial charge in [-0.05, 0) is 37.2 Å². The van der Waals surface area contributed by atoms with Crippen molar-refractivity contribution in [1.29, 1.82) is 0 Å². The third-order valence-electron chi connectivity index (χ3n) is 5.70. The van der Waals surface area contributed by atoms with Gasteiger partial charge in [-0.3, -0.25) is 4.99 Å². The molecule has 1 aliphatic rings. The average Bonchev–Trinajstić information content (AvgIpc) is 2.71. The van der Waals surface area contributed by atoms with E-state index in [1.165, 1.54) is 25.7 Å². The maximum atomic E-state index is 5.58. The van der Waals surface area contributed by atoms with E-state index < -0.39 is 0 Å². The van der Waals surface area contributed by atoms with Crippen LogP contribution in [0.5, 0.6) is 17.2 Å². The zero-order chi connectivity index (χ0) is 20.5. The van der Waals surface area contributed by atoms with E-state index in [9.17, 15) is 0 Å². The van der Waals surface area contributed by atoms with Crippen molar-refractivity contribution in [2.45, 2.75) is 39.0 Å². The molecule has 1 saturated carbocycles. The van der Waals surface area contributed by atoms with Gasteiger partial charge in [0.2, 0.25) is 5.75 Å². The third kappa shape index (κ3) is 5.69. The fraction of sp³-hybridized carbons (Fsp3) is 0.682. The van der Waals surface area contributed by atoms with Crippen molar-refractivity contribution in [2.24, 2.45) is 16.8 Å². The number of aliphatic imine (C=N–C) groups is 1. The van der Waals surface area contributed by atoms with Gasteiger partial charge in [0, 0.05) is 32.7 Å². The van der Waals surface area contributed by atoms with Crippen LogP contribution in [0.3, 0.4) is 0 Å². The Balaban J connectivity index is 1.92. The molecule has 2 rings (SSSR count). The predicted molar refractivity (Wildman–Crippen MR) is 115 cm³/mol. The van der Waals surface area contributed by atoms with Crippen molar-refractivity contribution in [3.8, 4) is 17.2 Å². The van der Waals surface area contributed by atoms with Gasteiger partial charge in [0.1, 0.15) is 0 Å². The highest BCUT2D eigenvalue weighted by Gasteiger charge is 2.21. The summed E-state index contributed by atoms with van der Waals surface area (Å²) in [6.07, 6.45) is 6.15. The van der Waals surface area contributed by atoms with E-state index in [0.717, 1.165) is 48.6 Å². The Kier molecular flexibility index (Phi) is 8.74. The molecule has 0 heterocycles. The number of ether oxygens (including phenoxy) is 3. The highest BCUT2D eigenvalue weighted by atomic mass is 16.5. The number of methoxy groups -OCH3 is 3. The molecule has 6 nitrogen and oxygen atoms in total. The molecule has 1 fully saturated rings. The van der Waals surface area contributed by atoms with Crippen LogP contribution >= 0.6 is 0 Å². The minimum atomic E-state index is 0.635. The summed E-state index contributed by atoms with van der Waals surface area (Å²) in [5.74, 6) is 4.63. The summed E-state index contributed by atoms with van der Waals surface area (Å²) in [4.78, 5) is 6.72. The Morgan fingerprint density at radius 3 is 2.32 bits per heavy atom. The largest absolute Gasteiger partial charge is 0.493 e. The van der Waals surface area contributed by atoms with Gasteiger partial charge < -0.3 is 24.4 Å². The van der Waals surface area contributed by atoms with Crippen LogP contribution in [0.25, 0.3) is 0 Å². The topological polar surface area (TPSA) is 55.3 Å². The molecule has 0 saturated heterocycles. The third-order valence-corrected chi connectivity index (χ3v) is 5.70. The van der Waals surface area contributed by atoms with Crippen molar-refractivity contribution in [3.05, 3.63) is 17.7 Å². The van der Waals surface area contributed by atoms with Crippen LogP contribution in [0.15, 0.2) is 17.1 Å². The summed E-state index contributed by atoms with van der Waals surface area (Å²) < 4.78 is 16.4. The lowest BCUT2D eigenvalue weighted by atomic mass is 9.83. The van der Waals surface area contributed by atoms with Gasteiger partial charge in [0.25, 0.3) is 0 Å². The van der Waals surface area contributed by atoms with Crippen molar-refractivity contribution in [1.82, 2.24) is 10.2 Å². The van der Waals surface area contributed by atoms with E-state index in [4.69, 9.17) is 14.2 Å². The van der Waals surface area contributed by atoms with Crippen LogP contribution in [0.2, 0.25) is 0 Å². The first-order chi connectivity index (χ1) is 13.5.